The average molecular weight is 394 g/mol. The summed E-state index contributed by atoms with van der Waals surface area (Å²) in [5.74, 6) is -0.908. The van der Waals surface area contributed by atoms with Crippen LogP contribution in [0.15, 0.2) is 36.4 Å². The number of rotatable bonds is 6. The summed E-state index contributed by atoms with van der Waals surface area (Å²) in [5, 5.41) is -0.0693. The van der Waals surface area contributed by atoms with Crippen molar-refractivity contribution in [2.45, 2.75) is 13.5 Å². The number of carbonyl (C=O) groups is 2. The van der Waals surface area contributed by atoms with Gasteiger partial charge in [0.15, 0.2) is 18.1 Å². The van der Waals surface area contributed by atoms with E-state index in [9.17, 15) is 14.0 Å². The van der Waals surface area contributed by atoms with Gasteiger partial charge >= 0.3 is 5.97 Å². The zero-order valence-corrected chi connectivity index (χ0v) is 15.3. The van der Waals surface area contributed by atoms with Crippen LogP contribution in [0.25, 0.3) is 0 Å². The second kappa shape index (κ2) is 8.26. The van der Waals surface area contributed by atoms with Gasteiger partial charge in [0.25, 0.3) is 5.91 Å². The number of ether oxygens (including phenoxy) is 3. The monoisotopic (exact) mass is 393 g/mol. The van der Waals surface area contributed by atoms with Gasteiger partial charge < -0.3 is 19.1 Å². The molecule has 0 saturated heterocycles. The molecule has 142 valence electrons. The van der Waals surface area contributed by atoms with Crippen molar-refractivity contribution in [3.05, 3.63) is 58.4 Å². The Balaban J connectivity index is 1.61. The number of nitrogens with zero attached hydrogens (tertiary/aromatic N) is 1. The minimum atomic E-state index is -0.981. The van der Waals surface area contributed by atoms with Gasteiger partial charge in [-0.05, 0) is 36.8 Å². The lowest BCUT2D eigenvalue weighted by Crippen LogP contribution is -2.34. The third-order valence-electron chi connectivity index (χ3n) is 4.04. The van der Waals surface area contributed by atoms with Crippen molar-refractivity contribution in [3.63, 3.8) is 0 Å². The van der Waals surface area contributed by atoms with Crippen molar-refractivity contribution < 1.29 is 28.2 Å². The molecule has 0 bridgehead atoms. The maximum Gasteiger partial charge on any atom is 0.343 e. The minimum Gasteiger partial charge on any atom is -0.454 e. The van der Waals surface area contributed by atoms with Gasteiger partial charge in [0.1, 0.15) is 11.4 Å². The molecule has 1 heterocycles. The number of benzene rings is 2. The lowest BCUT2D eigenvalue weighted by Gasteiger charge is -2.21. The van der Waals surface area contributed by atoms with Crippen molar-refractivity contribution in [1.82, 2.24) is 4.90 Å². The van der Waals surface area contributed by atoms with E-state index in [0.717, 1.165) is 11.6 Å². The van der Waals surface area contributed by atoms with Crippen LogP contribution in [0.2, 0.25) is 5.02 Å². The molecule has 2 aromatic carbocycles. The van der Waals surface area contributed by atoms with E-state index in [1.165, 1.54) is 17.0 Å². The number of fused-ring (bicyclic) bond motifs is 1. The van der Waals surface area contributed by atoms with Gasteiger partial charge in [-0.2, -0.15) is 0 Å². The molecule has 2 aromatic rings. The van der Waals surface area contributed by atoms with Crippen LogP contribution in [-0.2, 0) is 16.1 Å². The molecule has 0 aliphatic carbocycles. The molecule has 1 aliphatic rings. The number of hydrogen-bond acceptors (Lipinski definition) is 5. The van der Waals surface area contributed by atoms with Crippen LogP contribution in [-0.4, -0.2) is 36.7 Å². The van der Waals surface area contributed by atoms with Crippen LogP contribution in [0.5, 0.6) is 11.5 Å². The number of carbonyl (C=O) groups excluding carboxylic acids is 2. The van der Waals surface area contributed by atoms with Crippen LogP contribution in [0.4, 0.5) is 4.39 Å². The standard InChI is InChI=1S/C19H17ClFNO5/c1-2-22(9-12-6-7-15-16(8-12)27-11-26-15)17(23)10-25-19(24)18-13(20)4-3-5-14(18)21/h3-8H,2,9-11H2,1H3. The Labute approximate surface area is 160 Å². The topological polar surface area (TPSA) is 65.1 Å². The zero-order valence-electron chi connectivity index (χ0n) is 14.5. The first-order valence-electron chi connectivity index (χ1n) is 8.27. The predicted octanol–water partition coefficient (Wildman–Crippen LogP) is 3.41. The summed E-state index contributed by atoms with van der Waals surface area (Å²) in [6.07, 6.45) is 0. The van der Waals surface area contributed by atoms with Crippen LogP contribution in [0.1, 0.15) is 22.8 Å². The molecule has 0 unspecified atom stereocenters. The molecular weight excluding hydrogens is 377 g/mol. The molecule has 1 amide bonds. The quantitative estimate of drug-likeness (QED) is 0.704. The number of halogens is 2. The Morgan fingerprint density at radius 3 is 2.74 bits per heavy atom. The number of hydrogen-bond donors (Lipinski definition) is 0. The first kappa shape index (κ1) is 19.0. The van der Waals surface area contributed by atoms with E-state index in [2.05, 4.69) is 0 Å². The molecule has 8 heteroatoms. The molecule has 27 heavy (non-hydrogen) atoms. The molecule has 1 aliphatic heterocycles. The van der Waals surface area contributed by atoms with E-state index in [1.807, 2.05) is 6.07 Å². The lowest BCUT2D eigenvalue weighted by atomic mass is 10.2. The van der Waals surface area contributed by atoms with Crippen LogP contribution in [0.3, 0.4) is 0 Å². The van der Waals surface area contributed by atoms with Crippen molar-refractivity contribution in [3.8, 4) is 11.5 Å². The Kier molecular flexibility index (Phi) is 5.81. The van der Waals surface area contributed by atoms with Crippen molar-refractivity contribution in [2.24, 2.45) is 0 Å². The highest BCUT2D eigenvalue weighted by atomic mass is 35.5. The van der Waals surface area contributed by atoms with Crippen LogP contribution < -0.4 is 9.47 Å². The molecule has 0 spiro atoms. The first-order chi connectivity index (χ1) is 13.0. The fourth-order valence-electron chi connectivity index (χ4n) is 2.62. The number of likely N-dealkylation sites (N-methyl/N-ethyl adjacent to an activating group) is 1. The van der Waals surface area contributed by atoms with E-state index < -0.39 is 24.3 Å². The molecule has 0 fully saturated rings. The molecule has 0 N–H and O–H groups in total. The average Bonchev–Trinajstić information content (AvgIpc) is 3.11. The van der Waals surface area contributed by atoms with E-state index >= 15 is 0 Å². The van der Waals surface area contributed by atoms with Crippen molar-refractivity contribution >= 4 is 23.5 Å². The lowest BCUT2D eigenvalue weighted by molar-refractivity contribution is -0.135. The van der Waals surface area contributed by atoms with Gasteiger partial charge in [0.2, 0.25) is 6.79 Å². The molecule has 0 saturated carbocycles. The SMILES string of the molecule is CCN(Cc1ccc2c(c1)OCO2)C(=O)COC(=O)c1c(F)cccc1Cl. The smallest absolute Gasteiger partial charge is 0.343 e. The highest BCUT2D eigenvalue weighted by Gasteiger charge is 2.21. The fourth-order valence-corrected chi connectivity index (χ4v) is 2.86. The zero-order chi connectivity index (χ0) is 19.4. The second-order valence-electron chi connectivity index (χ2n) is 5.77. The molecule has 0 aromatic heterocycles. The third kappa shape index (κ3) is 4.31. The molecule has 0 radical (unpaired) electrons. The summed E-state index contributed by atoms with van der Waals surface area (Å²) in [4.78, 5) is 25.9. The van der Waals surface area contributed by atoms with Gasteiger partial charge in [-0.25, -0.2) is 9.18 Å². The van der Waals surface area contributed by atoms with Crippen molar-refractivity contribution in [2.75, 3.05) is 19.9 Å². The van der Waals surface area contributed by atoms with Crippen molar-refractivity contribution in [1.29, 1.82) is 0 Å². The highest BCUT2D eigenvalue weighted by molar-refractivity contribution is 6.33. The second-order valence-corrected chi connectivity index (χ2v) is 6.18. The molecule has 0 atom stereocenters. The Hall–Kier alpha value is -2.80. The summed E-state index contributed by atoms with van der Waals surface area (Å²) in [7, 11) is 0. The molecule has 3 rings (SSSR count). The summed E-state index contributed by atoms with van der Waals surface area (Å²) < 4.78 is 29.3. The van der Waals surface area contributed by atoms with Gasteiger partial charge in [0.05, 0.1) is 5.02 Å². The minimum absolute atomic E-state index is 0.0693. The van der Waals surface area contributed by atoms with Gasteiger partial charge in [-0.1, -0.05) is 23.7 Å². The Bertz CT molecular complexity index is 853. The van der Waals surface area contributed by atoms with E-state index in [0.29, 0.717) is 24.6 Å². The van der Waals surface area contributed by atoms with E-state index in [-0.39, 0.29) is 17.4 Å². The number of esters is 1. The molecular formula is C19H17ClFNO5. The summed E-state index contributed by atoms with van der Waals surface area (Å²) in [5.41, 5.74) is 0.462. The van der Waals surface area contributed by atoms with Crippen LogP contribution >= 0.6 is 11.6 Å². The van der Waals surface area contributed by atoms with E-state index in [1.54, 1.807) is 19.1 Å². The van der Waals surface area contributed by atoms with Gasteiger partial charge in [-0.15, -0.1) is 0 Å². The van der Waals surface area contributed by atoms with E-state index in [4.69, 9.17) is 25.8 Å². The normalized spacial score (nSPS) is 12.0. The predicted molar refractivity (Wildman–Crippen MR) is 95.3 cm³/mol. The number of amides is 1. The summed E-state index contributed by atoms with van der Waals surface area (Å²) in [6.45, 7) is 2.18. The fraction of sp³-hybridized carbons (Fsp3) is 0.263. The Morgan fingerprint density at radius 1 is 1.22 bits per heavy atom. The summed E-state index contributed by atoms with van der Waals surface area (Å²) in [6, 6.07) is 9.25. The maximum absolute atomic E-state index is 13.7. The first-order valence-corrected chi connectivity index (χ1v) is 8.64. The largest absolute Gasteiger partial charge is 0.454 e. The maximum atomic E-state index is 13.7. The van der Waals surface area contributed by atoms with Gasteiger partial charge in [-0.3, -0.25) is 4.79 Å². The summed E-state index contributed by atoms with van der Waals surface area (Å²) >= 11 is 5.83. The van der Waals surface area contributed by atoms with Crippen LogP contribution in [0, 0.1) is 5.82 Å². The highest BCUT2D eigenvalue weighted by Crippen LogP contribution is 2.32. The Morgan fingerprint density at radius 2 is 2.00 bits per heavy atom. The molecule has 6 nitrogen and oxygen atoms in total. The third-order valence-corrected chi connectivity index (χ3v) is 4.35. The van der Waals surface area contributed by atoms with Gasteiger partial charge in [0, 0.05) is 13.1 Å².